The number of Topliss-reactive ketones (excluding diaryl/α,β-unsaturated/α-hetero) is 1. The molecule has 1 saturated carbocycles. The maximum atomic E-state index is 11.7. The van der Waals surface area contributed by atoms with Gasteiger partial charge in [0, 0.05) is 18.3 Å². The second-order valence-electron chi connectivity index (χ2n) is 4.75. The van der Waals surface area contributed by atoms with Crippen molar-refractivity contribution in [1.29, 1.82) is 0 Å². The summed E-state index contributed by atoms with van der Waals surface area (Å²) < 4.78 is 0. The summed E-state index contributed by atoms with van der Waals surface area (Å²) in [5.41, 5.74) is 1.24. The van der Waals surface area contributed by atoms with Gasteiger partial charge in [0.15, 0.2) is 0 Å². The third kappa shape index (κ3) is 2.49. The second-order valence-corrected chi connectivity index (χ2v) is 4.75. The molecule has 1 aliphatic rings. The van der Waals surface area contributed by atoms with E-state index in [1.165, 1.54) is 24.8 Å². The Labute approximate surface area is 97.1 Å². The Morgan fingerprint density at radius 2 is 2.12 bits per heavy atom. The first kappa shape index (κ1) is 11.3. The van der Waals surface area contributed by atoms with Gasteiger partial charge in [-0.05, 0) is 37.3 Å². The van der Waals surface area contributed by atoms with Crippen molar-refractivity contribution in [2.75, 3.05) is 0 Å². The fourth-order valence-electron chi connectivity index (χ4n) is 2.79. The Kier molecular flexibility index (Phi) is 3.70. The van der Waals surface area contributed by atoms with Gasteiger partial charge in [-0.1, -0.05) is 25.3 Å². The zero-order valence-corrected chi connectivity index (χ0v) is 9.86. The lowest BCUT2D eigenvalue weighted by Gasteiger charge is -2.22. The van der Waals surface area contributed by atoms with Crippen molar-refractivity contribution >= 4 is 5.78 Å². The first-order valence-corrected chi connectivity index (χ1v) is 6.19. The molecular formula is C14H19NO. The Morgan fingerprint density at radius 3 is 2.81 bits per heavy atom. The SMILES string of the molecule is CC(=O)C1CCCCCC1c1cccnc1. The number of carbonyl (C=O) groups excluding carboxylic acids is 1. The molecule has 0 bridgehead atoms. The van der Waals surface area contributed by atoms with Crippen LogP contribution in [0.15, 0.2) is 24.5 Å². The fourth-order valence-corrected chi connectivity index (χ4v) is 2.79. The summed E-state index contributed by atoms with van der Waals surface area (Å²) in [6.45, 7) is 1.74. The Balaban J connectivity index is 2.24. The van der Waals surface area contributed by atoms with Crippen molar-refractivity contribution in [3.8, 4) is 0 Å². The van der Waals surface area contributed by atoms with E-state index in [1.54, 1.807) is 13.1 Å². The zero-order chi connectivity index (χ0) is 11.4. The van der Waals surface area contributed by atoms with Crippen molar-refractivity contribution in [2.24, 2.45) is 5.92 Å². The van der Waals surface area contributed by atoms with Crippen LogP contribution in [0.5, 0.6) is 0 Å². The summed E-state index contributed by atoms with van der Waals surface area (Å²) in [6.07, 6.45) is 9.60. The highest BCUT2D eigenvalue weighted by molar-refractivity contribution is 5.79. The van der Waals surface area contributed by atoms with E-state index in [9.17, 15) is 4.79 Å². The highest BCUT2D eigenvalue weighted by atomic mass is 16.1. The first-order chi connectivity index (χ1) is 7.79. The van der Waals surface area contributed by atoms with Crippen molar-refractivity contribution in [3.63, 3.8) is 0 Å². The van der Waals surface area contributed by atoms with Gasteiger partial charge >= 0.3 is 0 Å². The highest BCUT2D eigenvalue weighted by Gasteiger charge is 2.28. The van der Waals surface area contributed by atoms with Gasteiger partial charge in [-0.3, -0.25) is 9.78 Å². The van der Waals surface area contributed by atoms with Crippen LogP contribution in [0.1, 0.15) is 50.5 Å². The molecule has 0 spiro atoms. The molecule has 1 heterocycles. The van der Waals surface area contributed by atoms with Crippen LogP contribution >= 0.6 is 0 Å². The van der Waals surface area contributed by atoms with Crippen LogP contribution in [0.25, 0.3) is 0 Å². The molecule has 2 nitrogen and oxygen atoms in total. The van der Waals surface area contributed by atoms with Gasteiger partial charge < -0.3 is 0 Å². The van der Waals surface area contributed by atoms with Crippen molar-refractivity contribution < 1.29 is 4.79 Å². The number of hydrogen-bond acceptors (Lipinski definition) is 2. The molecule has 16 heavy (non-hydrogen) atoms. The number of ketones is 1. The van der Waals surface area contributed by atoms with Crippen molar-refractivity contribution in [2.45, 2.75) is 44.9 Å². The molecule has 0 aliphatic heterocycles. The molecule has 0 aromatic carbocycles. The molecule has 2 heteroatoms. The third-order valence-electron chi connectivity index (χ3n) is 3.65. The van der Waals surface area contributed by atoms with E-state index >= 15 is 0 Å². The van der Waals surface area contributed by atoms with Gasteiger partial charge in [0.05, 0.1) is 0 Å². The molecular weight excluding hydrogens is 198 g/mol. The van der Waals surface area contributed by atoms with Crippen LogP contribution in [0, 0.1) is 5.92 Å². The van der Waals surface area contributed by atoms with Gasteiger partial charge in [0.1, 0.15) is 5.78 Å². The maximum absolute atomic E-state index is 11.7. The molecule has 1 aromatic heterocycles. The average Bonchev–Trinajstić information content (AvgIpc) is 2.55. The molecule has 2 unspecified atom stereocenters. The summed E-state index contributed by atoms with van der Waals surface area (Å²) in [4.78, 5) is 15.9. The smallest absolute Gasteiger partial charge is 0.133 e. The monoisotopic (exact) mass is 217 g/mol. The van der Waals surface area contributed by atoms with E-state index in [-0.39, 0.29) is 5.92 Å². The first-order valence-electron chi connectivity index (χ1n) is 6.19. The summed E-state index contributed by atoms with van der Waals surface area (Å²) in [6, 6.07) is 4.08. The lowest BCUT2D eigenvalue weighted by atomic mass is 9.81. The summed E-state index contributed by atoms with van der Waals surface area (Å²) in [5.74, 6) is 0.955. The number of rotatable bonds is 2. The van der Waals surface area contributed by atoms with E-state index in [0.29, 0.717) is 11.7 Å². The summed E-state index contributed by atoms with van der Waals surface area (Å²) >= 11 is 0. The fraction of sp³-hybridized carbons (Fsp3) is 0.571. The molecule has 0 N–H and O–H groups in total. The molecule has 0 radical (unpaired) electrons. The average molecular weight is 217 g/mol. The molecule has 2 rings (SSSR count). The predicted molar refractivity (Wildman–Crippen MR) is 64.2 cm³/mol. The maximum Gasteiger partial charge on any atom is 0.133 e. The quantitative estimate of drug-likeness (QED) is 0.711. The molecule has 1 fully saturated rings. The number of pyridine rings is 1. The zero-order valence-electron chi connectivity index (χ0n) is 9.86. The lowest BCUT2D eigenvalue weighted by Crippen LogP contribution is -2.19. The molecule has 1 aromatic rings. The van der Waals surface area contributed by atoms with Crippen LogP contribution < -0.4 is 0 Å². The van der Waals surface area contributed by atoms with E-state index in [0.717, 1.165) is 12.8 Å². The number of hydrogen-bond donors (Lipinski definition) is 0. The molecule has 0 saturated heterocycles. The normalized spacial score (nSPS) is 26.1. The minimum Gasteiger partial charge on any atom is -0.300 e. The van der Waals surface area contributed by atoms with Crippen LogP contribution in [0.4, 0.5) is 0 Å². The summed E-state index contributed by atoms with van der Waals surface area (Å²) in [7, 11) is 0. The minimum atomic E-state index is 0.215. The van der Waals surface area contributed by atoms with Crippen LogP contribution in [0.2, 0.25) is 0 Å². The lowest BCUT2D eigenvalue weighted by molar-refractivity contribution is -0.121. The van der Waals surface area contributed by atoms with Crippen LogP contribution in [0.3, 0.4) is 0 Å². The van der Waals surface area contributed by atoms with Crippen LogP contribution in [-0.2, 0) is 4.79 Å². The van der Waals surface area contributed by atoms with E-state index in [1.807, 2.05) is 12.3 Å². The Morgan fingerprint density at radius 1 is 1.31 bits per heavy atom. The standard InChI is InChI=1S/C14H19NO/c1-11(16)13-7-3-2-4-8-14(13)12-6-5-9-15-10-12/h5-6,9-10,13-14H,2-4,7-8H2,1H3. The second kappa shape index (κ2) is 5.24. The molecule has 2 atom stereocenters. The third-order valence-corrected chi connectivity index (χ3v) is 3.65. The number of carbonyl (C=O) groups is 1. The van der Waals surface area contributed by atoms with Crippen molar-refractivity contribution in [1.82, 2.24) is 4.98 Å². The Bertz CT molecular complexity index is 347. The van der Waals surface area contributed by atoms with Crippen molar-refractivity contribution in [3.05, 3.63) is 30.1 Å². The molecule has 0 amide bonds. The minimum absolute atomic E-state index is 0.215. The molecule has 86 valence electrons. The highest BCUT2D eigenvalue weighted by Crippen LogP contribution is 2.36. The van der Waals surface area contributed by atoms with Crippen LogP contribution in [-0.4, -0.2) is 10.8 Å². The van der Waals surface area contributed by atoms with Gasteiger partial charge in [-0.15, -0.1) is 0 Å². The van der Waals surface area contributed by atoms with Gasteiger partial charge in [-0.25, -0.2) is 0 Å². The largest absolute Gasteiger partial charge is 0.300 e. The number of nitrogens with zero attached hydrogens (tertiary/aromatic N) is 1. The van der Waals surface area contributed by atoms with E-state index in [2.05, 4.69) is 11.1 Å². The Hall–Kier alpha value is -1.18. The number of aromatic nitrogens is 1. The van der Waals surface area contributed by atoms with E-state index < -0.39 is 0 Å². The van der Waals surface area contributed by atoms with Gasteiger partial charge in [0.2, 0.25) is 0 Å². The summed E-state index contributed by atoms with van der Waals surface area (Å²) in [5, 5.41) is 0. The predicted octanol–water partition coefficient (Wildman–Crippen LogP) is 3.33. The van der Waals surface area contributed by atoms with E-state index in [4.69, 9.17) is 0 Å². The van der Waals surface area contributed by atoms with Gasteiger partial charge in [0.25, 0.3) is 0 Å². The molecule has 1 aliphatic carbocycles. The van der Waals surface area contributed by atoms with Gasteiger partial charge in [-0.2, -0.15) is 0 Å². The topological polar surface area (TPSA) is 30.0 Å².